The second-order valence-corrected chi connectivity index (χ2v) is 6.14. The van der Waals surface area contributed by atoms with Gasteiger partial charge < -0.3 is 10.1 Å². The van der Waals surface area contributed by atoms with Crippen molar-refractivity contribution in [3.63, 3.8) is 0 Å². The molecular weight excluding hydrogens is 405 g/mol. The largest absolute Gasteiger partial charge is 0.452 e. The van der Waals surface area contributed by atoms with E-state index in [1.54, 1.807) is 36.4 Å². The van der Waals surface area contributed by atoms with Crippen molar-refractivity contribution in [2.75, 3.05) is 11.9 Å². The van der Waals surface area contributed by atoms with Crippen LogP contribution < -0.4 is 5.32 Å². The van der Waals surface area contributed by atoms with Gasteiger partial charge in [0, 0.05) is 6.07 Å². The van der Waals surface area contributed by atoms with E-state index in [1.807, 2.05) is 0 Å². The Morgan fingerprint density at radius 3 is 2.43 bits per heavy atom. The molecule has 3 aromatic carbocycles. The van der Waals surface area contributed by atoms with Crippen LogP contribution >= 0.6 is 0 Å². The molecule has 7 nitrogen and oxygen atoms in total. The first-order valence-electron chi connectivity index (χ1n) is 8.47. The molecule has 0 aliphatic carbocycles. The highest BCUT2D eigenvalue weighted by Gasteiger charge is 2.33. The maximum atomic E-state index is 12.7. The van der Waals surface area contributed by atoms with Crippen molar-refractivity contribution < 1.29 is 32.4 Å². The Morgan fingerprint density at radius 2 is 1.73 bits per heavy atom. The number of nitrogens with one attached hydrogen (secondary N) is 1. The predicted octanol–water partition coefficient (Wildman–Crippen LogP) is 4.56. The van der Waals surface area contributed by atoms with Gasteiger partial charge in [0.05, 0.1) is 16.1 Å². The first-order chi connectivity index (χ1) is 14.2. The molecule has 0 fully saturated rings. The Morgan fingerprint density at radius 1 is 1.03 bits per heavy atom. The van der Waals surface area contributed by atoms with Crippen molar-refractivity contribution in [1.82, 2.24) is 0 Å². The van der Waals surface area contributed by atoms with Gasteiger partial charge in [-0.25, -0.2) is 4.79 Å². The minimum Gasteiger partial charge on any atom is -0.452 e. The van der Waals surface area contributed by atoms with Crippen LogP contribution in [-0.2, 0) is 15.7 Å². The monoisotopic (exact) mass is 418 g/mol. The number of nitro benzene ring substituents is 1. The number of rotatable bonds is 5. The van der Waals surface area contributed by atoms with Gasteiger partial charge in [-0.3, -0.25) is 14.9 Å². The van der Waals surface area contributed by atoms with Crippen molar-refractivity contribution in [3.8, 4) is 0 Å². The lowest BCUT2D eigenvalue weighted by atomic mass is 10.1. The summed E-state index contributed by atoms with van der Waals surface area (Å²) in [6.45, 7) is -0.778. The van der Waals surface area contributed by atoms with Gasteiger partial charge in [-0.15, -0.1) is 0 Å². The number of hydrogen-bond acceptors (Lipinski definition) is 5. The Hall–Kier alpha value is -3.95. The molecule has 0 aromatic heterocycles. The number of amides is 1. The molecule has 154 valence electrons. The minimum absolute atomic E-state index is 0.224. The van der Waals surface area contributed by atoms with Crippen LogP contribution in [-0.4, -0.2) is 23.4 Å². The Balaban J connectivity index is 1.71. The van der Waals surface area contributed by atoms with Crippen LogP contribution in [0, 0.1) is 10.1 Å². The molecule has 0 bridgehead atoms. The van der Waals surface area contributed by atoms with Gasteiger partial charge >= 0.3 is 12.1 Å². The molecule has 0 spiro atoms. The molecule has 3 rings (SSSR count). The number of ether oxygens (including phenoxy) is 1. The van der Waals surface area contributed by atoms with Gasteiger partial charge in [0.25, 0.3) is 11.6 Å². The van der Waals surface area contributed by atoms with Gasteiger partial charge in [0.2, 0.25) is 0 Å². The van der Waals surface area contributed by atoms with E-state index in [9.17, 15) is 32.9 Å². The van der Waals surface area contributed by atoms with Crippen LogP contribution in [0.15, 0.2) is 60.7 Å². The van der Waals surface area contributed by atoms with Crippen LogP contribution in [0.4, 0.5) is 24.5 Å². The van der Waals surface area contributed by atoms with Gasteiger partial charge in [0.1, 0.15) is 5.69 Å². The topological polar surface area (TPSA) is 98.5 Å². The lowest BCUT2D eigenvalue weighted by molar-refractivity contribution is -0.384. The molecule has 0 aliphatic heterocycles. The number of hydrogen-bond donors (Lipinski definition) is 1. The van der Waals surface area contributed by atoms with Gasteiger partial charge in [-0.05, 0) is 29.0 Å². The molecule has 0 unspecified atom stereocenters. The molecule has 0 atom stereocenters. The molecule has 0 saturated carbocycles. The van der Waals surface area contributed by atoms with Crippen LogP contribution in [0.1, 0.15) is 15.9 Å². The molecule has 3 aromatic rings. The summed E-state index contributed by atoms with van der Waals surface area (Å²) in [5, 5.41) is 14.6. The lowest BCUT2D eigenvalue weighted by Gasteiger charge is -2.10. The smallest absolute Gasteiger partial charge is 0.416 e. The van der Waals surface area contributed by atoms with E-state index in [1.165, 1.54) is 6.07 Å². The van der Waals surface area contributed by atoms with Gasteiger partial charge in [-0.1, -0.05) is 36.4 Å². The summed E-state index contributed by atoms with van der Waals surface area (Å²) in [5.74, 6) is -1.73. The van der Waals surface area contributed by atoms with E-state index in [4.69, 9.17) is 4.74 Å². The lowest BCUT2D eigenvalue weighted by Crippen LogP contribution is -2.21. The number of alkyl halides is 3. The number of carbonyl (C=O) groups excluding carboxylic acids is 2. The first-order valence-corrected chi connectivity index (χ1v) is 8.47. The normalized spacial score (nSPS) is 11.2. The summed E-state index contributed by atoms with van der Waals surface area (Å²) < 4.78 is 43.2. The van der Waals surface area contributed by atoms with Crippen LogP contribution in [0.2, 0.25) is 0 Å². The van der Waals surface area contributed by atoms with E-state index < -0.39 is 46.5 Å². The maximum absolute atomic E-state index is 12.7. The number of fused-ring (bicyclic) bond motifs is 1. The highest BCUT2D eigenvalue weighted by Crippen LogP contribution is 2.35. The third kappa shape index (κ3) is 4.54. The molecular formula is C20H13F3N2O5. The number of halogens is 3. The molecule has 1 N–H and O–H groups in total. The Kier molecular flexibility index (Phi) is 5.67. The fourth-order valence-corrected chi connectivity index (χ4v) is 2.76. The second-order valence-electron chi connectivity index (χ2n) is 6.14. The van der Waals surface area contributed by atoms with Crippen LogP contribution in [0.3, 0.4) is 0 Å². The number of carbonyl (C=O) groups is 2. The van der Waals surface area contributed by atoms with Crippen LogP contribution in [0.5, 0.6) is 0 Å². The summed E-state index contributed by atoms with van der Waals surface area (Å²) in [7, 11) is 0. The zero-order valence-electron chi connectivity index (χ0n) is 15.1. The Bertz CT molecular complexity index is 1140. The van der Waals surface area contributed by atoms with E-state index in [0.717, 1.165) is 11.5 Å². The average molecular weight is 418 g/mol. The number of nitro groups is 1. The van der Waals surface area contributed by atoms with E-state index in [0.29, 0.717) is 17.5 Å². The van der Waals surface area contributed by atoms with Crippen molar-refractivity contribution in [2.45, 2.75) is 6.18 Å². The zero-order valence-corrected chi connectivity index (χ0v) is 15.1. The summed E-state index contributed by atoms with van der Waals surface area (Å²) in [4.78, 5) is 34.4. The first kappa shape index (κ1) is 20.8. The van der Waals surface area contributed by atoms with E-state index >= 15 is 0 Å². The third-order valence-electron chi connectivity index (χ3n) is 4.14. The molecule has 1 amide bonds. The summed E-state index contributed by atoms with van der Waals surface area (Å²) in [6.07, 6.45) is -4.78. The molecule has 0 heterocycles. The second kappa shape index (κ2) is 8.19. The molecule has 0 aliphatic rings. The summed E-state index contributed by atoms with van der Waals surface area (Å²) in [6, 6.07) is 13.7. The zero-order chi connectivity index (χ0) is 21.9. The predicted molar refractivity (Wildman–Crippen MR) is 101 cm³/mol. The highest BCUT2D eigenvalue weighted by atomic mass is 19.4. The third-order valence-corrected chi connectivity index (χ3v) is 4.14. The van der Waals surface area contributed by atoms with Gasteiger partial charge in [-0.2, -0.15) is 13.2 Å². The molecule has 0 radical (unpaired) electrons. The molecule has 0 saturated heterocycles. The number of anilines is 1. The quantitative estimate of drug-likeness (QED) is 0.372. The highest BCUT2D eigenvalue weighted by molar-refractivity contribution is 6.05. The molecule has 30 heavy (non-hydrogen) atoms. The minimum atomic E-state index is -4.78. The Labute approximate surface area is 167 Å². The standard InChI is InChI=1S/C20H13F3N2O5/c21-20(22,23)13-8-9-16(17(10-13)25(28)29)24-18(26)11-30-19(27)15-7-3-5-12-4-1-2-6-14(12)15/h1-10H,11H2,(H,24,26). The van der Waals surface area contributed by atoms with Gasteiger partial charge in [0.15, 0.2) is 6.61 Å². The van der Waals surface area contributed by atoms with Crippen molar-refractivity contribution in [3.05, 3.63) is 81.9 Å². The average Bonchev–Trinajstić information content (AvgIpc) is 2.71. The number of benzene rings is 3. The summed E-state index contributed by atoms with van der Waals surface area (Å²) in [5.41, 5.74) is -2.38. The SMILES string of the molecule is O=C(COC(=O)c1cccc2ccccc12)Nc1ccc(C(F)(F)F)cc1[N+](=O)[O-]. The van der Waals surface area contributed by atoms with Crippen LogP contribution in [0.25, 0.3) is 10.8 Å². The number of esters is 1. The van der Waals surface area contributed by atoms with Crippen molar-refractivity contribution >= 4 is 34.0 Å². The van der Waals surface area contributed by atoms with Crippen molar-refractivity contribution in [2.24, 2.45) is 0 Å². The molecule has 10 heteroatoms. The maximum Gasteiger partial charge on any atom is 0.416 e. The summed E-state index contributed by atoms with van der Waals surface area (Å²) >= 11 is 0. The van der Waals surface area contributed by atoms with Crippen molar-refractivity contribution in [1.29, 1.82) is 0 Å². The fraction of sp³-hybridized carbons (Fsp3) is 0.100. The van der Waals surface area contributed by atoms with E-state index in [-0.39, 0.29) is 5.56 Å². The van der Waals surface area contributed by atoms with E-state index in [2.05, 4.69) is 5.32 Å². The fourth-order valence-electron chi connectivity index (χ4n) is 2.76. The number of nitrogens with zero attached hydrogens (tertiary/aromatic N) is 1.